The van der Waals surface area contributed by atoms with Crippen molar-refractivity contribution in [2.24, 2.45) is 5.41 Å². The van der Waals surface area contributed by atoms with Crippen LogP contribution in [0.4, 0.5) is 35.2 Å². The molecule has 15 nitrogen and oxygen atoms in total. The summed E-state index contributed by atoms with van der Waals surface area (Å²) < 4.78 is 41.4. The Balaban J connectivity index is 0.848. The molecule has 0 bridgehead atoms. The predicted molar refractivity (Wildman–Crippen MR) is 280 cm³/mol. The molecule has 3 fully saturated rings. The van der Waals surface area contributed by atoms with Gasteiger partial charge in [0, 0.05) is 62.2 Å². The first-order valence-corrected chi connectivity index (χ1v) is 25.2. The summed E-state index contributed by atoms with van der Waals surface area (Å²) in [5, 5.41) is 26.0. The van der Waals surface area contributed by atoms with Gasteiger partial charge in [0.15, 0.2) is 5.11 Å². The summed E-state index contributed by atoms with van der Waals surface area (Å²) in [7, 11) is 0. The molecule has 3 aliphatic rings. The standard InChI is InChI=1S/C54H55F3N10O5S2/c1-32(36-13-15-37(16-14-36)45-33(2)60-31-74-45)61-47(69)43-27-41(68)30-65(43)48(70)46(52(3,4)5)62-50(72)64-24-22-63(23-25-64)44-21-12-35(29-59-44)9-8-34-10-18-39(19-11-34)67-51(73)66(49(71)53(67,6)7)40-20-17-38(28-58)42(26-40)54(55,56)57/h10-21,26,29,31-32,41,43,46,68H,22-25,27,30H2,1-7H3,(H,61,69)(H,62,72). The second-order valence-corrected chi connectivity index (χ2v) is 21.3. The van der Waals surface area contributed by atoms with E-state index in [1.807, 2.05) is 75.9 Å². The number of hydrogen-bond acceptors (Lipinski definition) is 11. The van der Waals surface area contributed by atoms with Gasteiger partial charge in [0.1, 0.15) is 23.4 Å². The van der Waals surface area contributed by atoms with Crippen LogP contribution in [-0.2, 0) is 20.6 Å². The third kappa shape index (κ3) is 10.9. The number of anilines is 3. The lowest BCUT2D eigenvalue weighted by atomic mass is 9.85. The molecule has 3 saturated heterocycles. The molecule has 3 aromatic carbocycles. The number of benzene rings is 3. The number of piperazine rings is 1. The number of β-amino-alcohol motifs (C(OH)–C–C–N with tert-alkyl or cyclic N) is 1. The lowest BCUT2D eigenvalue weighted by Gasteiger charge is -2.39. The minimum absolute atomic E-state index is 0.0158. The van der Waals surface area contributed by atoms with Crippen molar-refractivity contribution in [2.45, 2.75) is 90.8 Å². The second-order valence-electron chi connectivity index (χ2n) is 20.1. The number of aliphatic hydroxyl groups excluding tert-OH is 1. The monoisotopic (exact) mass is 1040 g/mol. The lowest BCUT2D eigenvalue weighted by Crippen LogP contribution is -2.61. The van der Waals surface area contributed by atoms with Crippen molar-refractivity contribution in [1.82, 2.24) is 30.4 Å². The average molecular weight is 1050 g/mol. The lowest BCUT2D eigenvalue weighted by molar-refractivity contribution is -0.142. The molecular weight excluding hydrogens is 990 g/mol. The number of rotatable bonds is 9. The number of thiocarbonyl (C=S) groups is 1. The maximum atomic E-state index is 14.3. The third-order valence-electron chi connectivity index (χ3n) is 13.5. The minimum Gasteiger partial charge on any atom is -0.391 e. The molecule has 5 aromatic rings. The largest absolute Gasteiger partial charge is 0.417 e. The second kappa shape index (κ2) is 20.9. The van der Waals surface area contributed by atoms with Crippen molar-refractivity contribution < 1.29 is 37.5 Å². The van der Waals surface area contributed by atoms with Crippen LogP contribution >= 0.6 is 23.6 Å². The summed E-state index contributed by atoms with van der Waals surface area (Å²) in [5.74, 6) is 5.55. The Bertz CT molecular complexity index is 3080. The number of pyridine rings is 1. The summed E-state index contributed by atoms with van der Waals surface area (Å²) in [4.78, 5) is 73.3. The van der Waals surface area contributed by atoms with Crippen LogP contribution in [0.15, 0.2) is 90.6 Å². The highest BCUT2D eigenvalue weighted by molar-refractivity contribution is 7.81. The molecular formula is C54H55F3N10O5S2. The van der Waals surface area contributed by atoms with Crippen LogP contribution in [0, 0.1) is 35.5 Å². The number of urea groups is 1. The Morgan fingerprint density at radius 1 is 0.905 bits per heavy atom. The Kier molecular flexibility index (Phi) is 14.9. The normalized spacial score (nSPS) is 18.6. The highest BCUT2D eigenvalue weighted by Gasteiger charge is 2.51. The van der Waals surface area contributed by atoms with Gasteiger partial charge >= 0.3 is 12.2 Å². The molecule has 0 spiro atoms. The maximum absolute atomic E-state index is 14.3. The molecule has 4 atom stereocenters. The highest BCUT2D eigenvalue weighted by Crippen LogP contribution is 2.40. The van der Waals surface area contributed by atoms with Crippen LogP contribution in [0.3, 0.4) is 0 Å². The van der Waals surface area contributed by atoms with Crippen LogP contribution in [0.5, 0.6) is 0 Å². The first-order chi connectivity index (χ1) is 35.0. The van der Waals surface area contributed by atoms with Crippen molar-refractivity contribution in [3.63, 3.8) is 0 Å². The van der Waals surface area contributed by atoms with E-state index in [-0.39, 0.29) is 35.7 Å². The molecule has 5 amide bonds. The zero-order valence-electron chi connectivity index (χ0n) is 41.8. The van der Waals surface area contributed by atoms with Gasteiger partial charge < -0.3 is 35.3 Å². The van der Waals surface area contributed by atoms with E-state index in [0.29, 0.717) is 48.8 Å². The molecule has 2 aromatic heterocycles. The maximum Gasteiger partial charge on any atom is 0.417 e. The predicted octanol–water partition coefficient (Wildman–Crippen LogP) is 7.81. The van der Waals surface area contributed by atoms with Gasteiger partial charge in [-0.15, -0.1) is 11.3 Å². The van der Waals surface area contributed by atoms with Crippen LogP contribution in [0.25, 0.3) is 10.4 Å². The van der Waals surface area contributed by atoms with Gasteiger partial charge in [-0.25, -0.2) is 14.8 Å². The fourth-order valence-corrected chi connectivity index (χ4v) is 10.6. The smallest absolute Gasteiger partial charge is 0.391 e. The number of aryl methyl sites for hydroxylation is 1. The molecule has 74 heavy (non-hydrogen) atoms. The van der Waals surface area contributed by atoms with Gasteiger partial charge in [-0.3, -0.25) is 19.3 Å². The SMILES string of the molecule is Cc1ncsc1-c1ccc(C(C)NC(=O)C2CC(O)CN2C(=O)C(NC(=O)N2CCN(c3ccc(C#Cc4ccc(N5C(=S)N(c6ccc(C#N)c(C(F)(F)F)c6)C(=O)C5(C)C)cc4)cn3)CC2)C(C)(C)C)cc1. The zero-order chi connectivity index (χ0) is 53.4. The molecule has 0 saturated carbocycles. The van der Waals surface area contributed by atoms with Gasteiger partial charge in [0.25, 0.3) is 5.91 Å². The molecule has 3 N–H and O–H groups in total. The molecule has 3 aliphatic heterocycles. The third-order valence-corrected chi connectivity index (χ3v) is 14.8. The topological polar surface area (TPSA) is 178 Å². The number of carbonyl (C=O) groups excluding carboxylic acids is 4. The minimum atomic E-state index is -4.81. The summed E-state index contributed by atoms with van der Waals surface area (Å²) in [6.45, 7) is 14.2. The molecule has 0 aliphatic carbocycles. The number of halogens is 3. The molecule has 4 unspecified atom stereocenters. The van der Waals surface area contributed by atoms with Crippen molar-refractivity contribution in [3.05, 3.63) is 124 Å². The summed E-state index contributed by atoms with van der Waals surface area (Å²) >= 11 is 7.23. The number of aliphatic hydroxyl groups is 1. The fourth-order valence-electron chi connectivity index (χ4n) is 9.31. The van der Waals surface area contributed by atoms with E-state index in [4.69, 9.17) is 12.2 Å². The van der Waals surface area contributed by atoms with Crippen molar-refractivity contribution in [3.8, 4) is 28.4 Å². The Morgan fingerprint density at radius 2 is 1.55 bits per heavy atom. The van der Waals surface area contributed by atoms with Crippen LogP contribution in [-0.4, -0.2) is 110 Å². The van der Waals surface area contributed by atoms with E-state index < -0.39 is 64.3 Å². The number of amides is 5. The number of aromatic nitrogens is 2. The summed E-state index contributed by atoms with van der Waals surface area (Å²) in [5.41, 5.74) is 2.69. The van der Waals surface area contributed by atoms with E-state index in [1.54, 1.807) is 77.0 Å². The molecule has 0 radical (unpaired) electrons. The molecule has 20 heteroatoms. The van der Waals surface area contributed by atoms with Crippen molar-refractivity contribution in [1.29, 1.82) is 5.26 Å². The van der Waals surface area contributed by atoms with Gasteiger partial charge in [-0.1, -0.05) is 56.9 Å². The van der Waals surface area contributed by atoms with E-state index in [1.165, 1.54) is 11.0 Å². The highest BCUT2D eigenvalue weighted by atomic mass is 32.1. The Morgan fingerprint density at radius 3 is 2.15 bits per heavy atom. The number of carbonyl (C=O) groups is 4. The summed E-state index contributed by atoms with van der Waals surface area (Å²) in [6.07, 6.45) is -3.99. The Hall–Kier alpha value is -7.39. The van der Waals surface area contributed by atoms with Crippen LogP contribution in [0.1, 0.15) is 87.5 Å². The fraction of sp³-hybridized carbons (Fsp3) is 0.370. The zero-order valence-corrected chi connectivity index (χ0v) is 43.5. The number of nitrogens with one attached hydrogen (secondary N) is 2. The van der Waals surface area contributed by atoms with E-state index >= 15 is 0 Å². The van der Waals surface area contributed by atoms with Gasteiger partial charge in [0.05, 0.1) is 51.1 Å². The number of hydrogen-bond donors (Lipinski definition) is 3. The number of alkyl halides is 3. The van der Waals surface area contributed by atoms with Gasteiger partial charge in [0.2, 0.25) is 11.8 Å². The number of nitriles is 1. The number of likely N-dealkylation sites (tertiary alicyclic amines) is 1. The average Bonchev–Trinajstić information content (AvgIpc) is 4.04. The van der Waals surface area contributed by atoms with E-state index in [0.717, 1.165) is 38.7 Å². The van der Waals surface area contributed by atoms with Crippen LogP contribution < -0.4 is 25.3 Å². The first kappa shape index (κ1) is 52.9. The summed E-state index contributed by atoms with van der Waals surface area (Å²) in [6, 6.07) is 20.4. The van der Waals surface area contributed by atoms with Gasteiger partial charge in [-0.2, -0.15) is 18.4 Å². The molecule has 5 heterocycles. The quantitative estimate of drug-likeness (QED) is 0.0970. The van der Waals surface area contributed by atoms with E-state index in [2.05, 4.69) is 32.4 Å². The first-order valence-electron chi connectivity index (χ1n) is 23.9. The van der Waals surface area contributed by atoms with Crippen molar-refractivity contribution in [2.75, 3.05) is 47.4 Å². The number of thiazole rings is 1. The van der Waals surface area contributed by atoms with Crippen LogP contribution in [0.2, 0.25) is 0 Å². The van der Waals surface area contributed by atoms with Gasteiger partial charge in [-0.05, 0) is 111 Å². The number of nitrogens with zero attached hydrogens (tertiary/aromatic N) is 8. The van der Waals surface area contributed by atoms with Crippen molar-refractivity contribution >= 4 is 69.6 Å². The Labute approximate surface area is 437 Å². The molecule has 8 rings (SSSR count). The van der Waals surface area contributed by atoms with E-state index in [9.17, 15) is 42.7 Å². The molecule has 384 valence electrons.